The summed E-state index contributed by atoms with van der Waals surface area (Å²) in [5.74, 6) is -0.0354. The fourth-order valence-corrected chi connectivity index (χ4v) is 3.17. The first-order chi connectivity index (χ1) is 15.5. The van der Waals surface area contributed by atoms with E-state index in [9.17, 15) is 14.4 Å². The van der Waals surface area contributed by atoms with Gasteiger partial charge >= 0.3 is 6.09 Å². The molecule has 1 unspecified atom stereocenters. The van der Waals surface area contributed by atoms with Crippen LogP contribution in [0.3, 0.4) is 0 Å². The second-order valence-electron chi connectivity index (χ2n) is 8.05. The number of amides is 1. The third-order valence-corrected chi connectivity index (χ3v) is 4.69. The number of hydrogen-bond donors (Lipinski definition) is 3. The molecule has 2 aromatic rings. The molecule has 1 amide bonds. The Hall–Kier alpha value is -3.58. The van der Waals surface area contributed by atoms with Crippen LogP contribution in [0.1, 0.15) is 43.5 Å². The number of nitrogens with two attached hydrogens (primary N) is 1. The SMILES string of the molecule is COc1cc(F)c(C(Nc2ccc(C#N)c(CNC(=O)OC(C)(C)C)c2)C(N)=S)cc1OC. The Morgan fingerprint density at radius 2 is 1.85 bits per heavy atom. The largest absolute Gasteiger partial charge is 0.493 e. The lowest BCUT2D eigenvalue weighted by Crippen LogP contribution is -2.32. The highest BCUT2D eigenvalue weighted by Gasteiger charge is 2.22. The molecule has 4 N–H and O–H groups in total. The maximum atomic E-state index is 14.8. The number of alkyl carbamates (subject to hydrolysis) is 1. The molecule has 10 heteroatoms. The Morgan fingerprint density at radius 1 is 1.21 bits per heavy atom. The molecule has 0 aromatic heterocycles. The first-order valence-electron chi connectivity index (χ1n) is 9.96. The fourth-order valence-electron chi connectivity index (χ4n) is 2.98. The van der Waals surface area contributed by atoms with Crippen molar-refractivity contribution in [2.45, 2.75) is 39.0 Å². The number of rotatable bonds is 8. The minimum atomic E-state index is -0.876. The van der Waals surface area contributed by atoms with Crippen molar-refractivity contribution in [3.63, 3.8) is 0 Å². The van der Waals surface area contributed by atoms with Gasteiger partial charge in [0.1, 0.15) is 22.4 Å². The monoisotopic (exact) mass is 474 g/mol. The highest BCUT2D eigenvalue weighted by atomic mass is 32.1. The van der Waals surface area contributed by atoms with Gasteiger partial charge in [-0.3, -0.25) is 0 Å². The van der Waals surface area contributed by atoms with Crippen molar-refractivity contribution in [1.82, 2.24) is 5.32 Å². The number of nitriles is 1. The van der Waals surface area contributed by atoms with Crippen molar-refractivity contribution in [1.29, 1.82) is 5.26 Å². The van der Waals surface area contributed by atoms with Crippen LogP contribution in [0.2, 0.25) is 0 Å². The van der Waals surface area contributed by atoms with Crippen molar-refractivity contribution in [3.8, 4) is 17.6 Å². The molecule has 0 radical (unpaired) electrons. The summed E-state index contributed by atoms with van der Waals surface area (Å²) in [4.78, 5) is 12.0. The van der Waals surface area contributed by atoms with Crippen LogP contribution in [0.25, 0.3) is 0 Å². The molecule has 176 valence electrons. The zero-order chi connectivity index (χ0) is 24.8. The van der Waals surface area contributed by atoms with Crippen LogP contribution in [-0.2, 0) is 11.3 Å². The standard InChI is InChI=1S/C23H27FN4O4S/c1-23(2,3)32-22(29)27-12-14-8-15(7-6-13(14)11-25)28-20(21(26)33)16-9-18(30-4)19(31-5)10-17(16)24/h6-10,20,28H,12H2,1-5H3,(H2,26,33)(H,27,29). The van der Waals surface area contributed by atoms with Crippen LogP contribution in [0.5, 0.6) is 11.5 Å². The van der Waals surface area contributed by atoms with Crippen molar-refractivity contribution in [3.05, 3.63) is 52.8 Å². The van der Waals surface area contributed by atoms with Gasteiger partial charge in [-0.25, -0.2) is 9.18 Å². The molecule has 0 aliphatic carbocycles. The average molecular weight is 475 g/mol. The van der Waals surface area contributed by atoms with Crippen LogP contribution in [-0.4, -0.2) is 30.9 Å². The van der Waals surface area contributed by atoms with Gasteiger partial charge in [0, 0.05) is 23.9 Å². The Bertz CT molecular complexity index is 1080. The molecule has 2 rings (SSSR count). The predicted molar refractivity (Wildman–Crippen MR) is 127 cm³/mol. The number of ether oxygens (including phenoxy) is 3. The lowest BCUT2D eigenvalue weighted by atomic mass is 10.0. The van der Waals surface area contributed by atoms with Crippen LogP contribution in [0.15, 0.2) is 30.3 Å². The molecule has 33 heavy (non-hydrogen) atoms. The highest BCUT2D eigenvalue weighted by molar-refractivity contribution is 7.80. The number of benzene rings is 2. The summed E-state index contributed by atoms with van der Waals surface area (Å²) in [7, 11) is 2.84. The maximum Gasteiger partial charge on any atom is 0.407 e. The van der Waals surface area contributed by atoms with E-state index < -0.39 is 23.6 Å². The average Bonchev–Trinajstić information content (AvgIpc) is 2.74. The maximum absolute atomic E-state index is 14.8. The minimum absolute atomic E-state index is 0.00101. The topological polar surface area (TPSA) is 119 Å². The molecule has 0 saturated carbocycles. The van der Waals surface area contributed by atoms with E-state index in [-0.39, 0.29) is 22.8 Å². The second kappa shape index (κ2) is 10.8. The van der Waals surface area contributed by atoms with Gasteiger partial charge in [-0.1, -0.05) is 12.2 Å². The molecule has 0 bridgehead atoms. The van der Waals surface area contributed by atoms with E-state index in [2.05, 4.69) is 16.7 Å². The molecule has 0 fully saturated rings. The summed E-state index contributed by atoms with van der Waals surface area (Å²) in [5, 5.41) is 15.1. The number of halogens is 1. The van der Waals surface area contributed by atoms with Crippen LogP contribution in [0.4, 0.5) is 14.9 Å². The van der Waals surface area contributed by atoms with Gasteiger partial charge in [0.25, 0.3) is 0 Å². The minimum Gasteiger partial charge on any atom is -0.493 e. The fraction of sp³-hybridized carbons (Fsp3) is 0.348. The van der Waals surface area contributed by atoms with Crippen LogP contribution >= 0.6 is 12.2 Å². The van der Waals surface area contributed by atoms with Crippen molar-refractivity contribution in [2.24, 2.45) is 5.73 Å². The molecule has 0 aliphatic rings. The number of nitrogens with one attached hydrogen (secondary N) is 2. The van der Waals surface area contributed by atoms with E-state index in [1.165, 1.54) is 26.4 Å². The van der Waals surface area contributed by atoms with Gasteiger partial charge in [-0.05, 0) is 50.6 Å². The predicted octanol–water partition coefficient (Wildman–Crippen LogP) is 4.18. The van der Waals surface area contributed by atoms with Gasteiger partial charge in [0.15, 0.2) is 11.5 Å². The van der Waals surface area contributed by atoms with Crippen molar-refractivity contribution >= 4 is 29.0 Å². The Kier molecular flexibility index (Phi) is 8.43. The lowest BCUT2D eigenvalue weighted by Gasteiger charge is -2.22. The molecular formula is C23H27FN4O4S. The highest BCUT2D eigenvalue weighted by Crippen LogP contribution is 2.34. The van der Waals surface area contributed by atoms with Crippen LogP contribution in [0, 0.1) is 17.1 Å². The second-order valence-corrected chi connectivity index (χ2v) is 8.52. The third kappa shape index (κ3) is 6.95. The molecule has 2 aromatic carbocycles. The van der Waals surface area contributed by atoms with Crippen molar-refractivity contribution in [2.75, 3.05) is 19.5 Å². The molecule has 0 aliphatic heterocycles. The molecule has 0 heterocycles. The van der Waals surface area contributed by atoms with E-state index >= 15 is 0 Å². The molecular weight excluding hydrogens is 447 g/mol. The van der Waals surface area contributed by atoms with Crippen LogP contribution < -0.4 is 25.8 Å². The number of methoxy groups -OCH3 is 2. The summed E-state index contributed by atoms with van der Waals surface area (Å²) in [6.07, 6.45) is -0.613. The number of carbonyl (C=O) groups is 1. The zero-order valence-electron chi connectivity index (χ0n) is 19.1. The Balaban J connectivity index is 2.33. The Labute approximate surface area is 197 Å². The van der Waals surface area contributed by atoms with Gasteiger partial charge in [0.05, 0.1) is 25.9 Å². The first kappa shape index (κ1) is 25.7. The van der Waals surface area contributed by atoms with E-state index in [4.69, 9.17) is 32.2 Å². The summed E-state index contributed by atoms with van der Waals surface area (Å²) in [5.41, 5.74) is 6.82. The van der Waals surface area contributed by atoms with E-state index in [1.54, 1.807) is 39.0 Å². The zero-order valence-corrected chi connectivity index (χ0v) is 19.9. The number of carbonyl (C=O) groups excluding carboxylic acids is 1. The smallest absolute Gasteiger partial charge is 0.407 e. The summed E-state index contributed by atoms with van der Waals surface area (Å²) < 4.78 is 30.4. The molecule has 0 saturated heterocycles. The number of nitrogens with zero attached hydrogens (tertiary/aromatic N) is 1. The molecule has 1 atom stereocenters. The quantitative estimate of drug-likeness (QED) is 0.488. The van der Waals surface area contributed by atoms with Gasteiger partial charge in [-0.15, -0.1) is 0 Å². The summed E-state index contributed by atoms with van der Waals surface area (Å²) in [6, 6.07) is 8.72. The van der Waals surface area contributed by atoms with E-state index in [1.807, 2.05) is 0 Å². The Morgan fingerprint density at radius 3 is 2.39 bits per heavy atom. The van der Waals surface area contributed by atoms with Gasteiger partial charge < -0.3 is 30.6 Å². The molecule has 0 spiro atoms. The normalized spacial score (nSPS) is 11.7. The third-order valence-electron chi connectivity index (χ3n) is 4.46. The first-order valence-corrected chi connectivity index (χ1v) is 10.4. The van der Waals surface area contributed by atoms with Crippen molar-refractivity contribution < 1.29 is 23.4 Å². The number of thiocarbonyl (C=S) groups is 1. The number of anilines is 1. The van der Waals surface area contributed by atoms with E-state index in [0.717, 1.165) is 0 Å². The van der Waals surface area contributed by atoms with Gasteiger partial charge in [-0.2, -0.15) is 5.26 Å². The summed E-state index contributed by atoms with van der Waals surface area (Å²) >= 11 is 5.17. The number of hydrogen-bond acceptors (Lipinski definition) is 7. The molecule has 8 nitrogen and oxygen atoms in total. The summed E-state index contributed by atoms with van der Waals surface area (Å²) in [6.45, 7) is 5.30. The van der Waals surface area contributed by atoms with E-state index in [0.29, 0.717) is 22.6 Å². The lowest BCUT2D eigenvalue weighted by molar-refractivity contribution is 0.0523. The van der Waals surface area contributed by atoms with Gasteiger partial charge in [0.2, 0.25) is 0 Å².